The number of rotatable bonds is 1. The smallest absolute Gasteiger partial charge is 0.123 e. The average Bonchev–Trinajstić information content (AvgIpc) is 2.61. The third-order valence-electron chi connectivity index (χ3n) is 4.15. The van der Waals surface area contributed by atoms with E-state index < -0.39 is 0 Å². The van der Waals surface area contributed by atoms with Gasteiger partial charge >= 0.3 is 0 Å². The summed E-state index contributed by atoms with van der Waals surface area (Å²) in [5, 5.41) is 10.2. The quantitative estimate of drug-likeness (QED) is 0.825. The van der Waals surface area contributed by atoms with Gasteiger partial charge in [0.05, 0.1) is 6.10 Å². The standard InChI is InChI=1S/C15H21NO2/c17-14-7-3-2-6-13(14)16-9-10-18-15-8-4-1-5-12(15)11-16/h1,4-5,8,13-14,17H,2-3,6-7,9-11H2/t13-,14-/m1/s1. The summed E-state index contributed by atoms with van der Waals surface area (Å²) in [6.07, 6.45) is 4.30. The van der Waals surface area contributed by atoms with Crippen molar-refractivity contribution in [1.29, 1.82) is 0 Å². The summed E-state index contributed by atoms with van der Waals surface area (Å²) in [5.41, 5.74) is 1.24. The zero-order valence-corrected chi connectivity index (χ0v) is 10.7. The predicted molar refractivity (Wildman–Crippen MR) is 70.6 cm³/mol. The predicted octanol–water partition coefficient (Wildman–Crippen LogP) is 2.18. The SMILES string of the molecule is O[C@@H]1CCCC[C@H]1N1CCOc2ccccc2C1. The summed E-state index contributed by atoms with van der Waals surface area (Å²) in [5.74, 6) is 1.00. The summed E-state index contributed by atoms with van der Waals surface area (Å²) in [6, 6.07) is 8.56. The molecule has 0 aromatic heterocycles. The molecule has 1 saturated carbocycles. The molecule has 1 N–H and O–H groups in total. The first-order valence-corrected chi connectivity index (χ1v) is 6.97. The Kier molecular flexibility index (Phi) is 3.52. The van der Waals surface area contributed by atoms with E-state index in [1.165, 1.54) is 18.4 Å². The Labute approximate surface area is 108 Å². The van der Waals surface area contributed by atoms with Crippen molar-refractivity contribution in [3.63, 3.8) is 0 Å². The maximum atomic E-state index is 10.2. The second kappa shape index (κ2) is 5.29. The van der Waals surface area contributed by atoms with Crippen LogP contribution in [0, 0.1) is 0 Å². The van der Waals surface area contributed by atoms with Crippen molar-refractivity contribution in [3.05, 3.63) is 29.8 Å². The van der Waals surface area contributed by atoms with Crippen molar-refractivity contribution in [3.8, 4) is 5.75 Å². The molecule has 0 unspecified atom stereocenters. The van der Waals surface area contributed by atoms with Gasteiger partial charge in [0, 0.05) is 24.7 Å². The second-order valence-corrected chi connectivity index (χ2v) is 5.35. The molecular weight excluding hydrogens is 226 g/mol. The van der Waals surface area contributed by atoms with Crippen molar-refractivity contribution in [2.24, 2.45) is 0 Å². The van der Waals surface area contributed by atoms with Crippen LogP contribution in [0.2, 0.25) is 0 Å². The Morgan fingerprint density at radius 2 is 2.00 bits per heavy atom. The number of hydrogen-bond donors (Lipinski definition) is 1. The Morgan fingerprint density at radius 1 is 1.17 bits per heavy atom. The van der Waals surface area contributed by atoms with Gasteiger partial charge in [0.25, 0.3) is 0 Å². The van der Waals surface area contributed by atoms with E-state index in [-0.39, 0.29) is 6.10 Å². The van der Waals surface area contributed by atoms with E-state index in [9.17, 15) is 5.11 Å². The minimum Gasteiger partial charge on any atom is -0.492 e. The number of nitrogens with zero attached hydrogens (tertiary/aromatic N) is 1. The molecule has 0 amide bonds. The van der Waals surface area contributed by atoms with Gasteiger partial charge in [-0.25, -0.2) is 0 Å². The first-order chi connectivity index (χ1) is 8.84. The highest BCUT2D eigenvalue weighted by molar-refractivity contribution is 5.33. The van der Waals surface area contributed by atoms with Crippen LogP contribution in [0.3, 0.4) is 0 Å². The highest BCUT2D eigenvalue weighted by Crippen LogP contribution is 2.28. The minimum absolute atomic E-state index is 0.163. The molecule has 0 saturated heterocycles. The van der Waals surface area contributed by atoms with Crippen LogP contribution in [0.25, 0.3) is 0 Å². The summed E-state index contributed by atoms with van der Waals surface area (Å²) < 4.78 is 5.78. The number of benzene rings is 1. The Hall–Kier alpha value is -1.06. The van der Waals surface area contributed by atoms with Crippen molar-refractivity contribution in [2.45, 2.75) is 44.4 Å². The van der Waals surface area contributed by atoms with Crippen molar-refractivity contribution >= 4 is 0 Å². The topological polar surface area (TPSA) is 32.7 Å². The number of ether oxygens (including phenoxy) is 1. The third kappa shape index (κ3) is 2.38. The Morgan fingerprint density at radius 3 is 2.89 bits per heavy atom. The Balaban J connectivity index is 1.78. The normalized spacial score (nSPS) is 29.2. The first kappa shape index (κ1) is 12.0. The fraction of sp³-hybridized carbons (Fsp3) is 0.600. The first-order valence-electron chi connectivity index (χ1n) is 6.97. The van der Waals surface area contributed by atoms with E-state index in [1.807, 2.05) is 12.1 Å². The molecule has 0 bridgehead atoms. The van der Waals surface area contributed by atoms with Crippen LogP contribution in [-0.2, 0) is 6.54 Å². The lowest BCUT2D eigenvalue weighted by atomic mass is 9.91. The van der Waals surface area contributed by atoms with Gasteiger partial charge in [-0.15, -0.1) is 0 Å². The minimum atomic E-state index is -0.163. The van der Waals surface area contributed by atoms with Crippen molar-refractivity contribution in [1.82, 2.24) is 4.90 Å². The number of aliphatic hydroxyl groups is 1. The molecule has 1 heterocycles. The number of aliphatic hydroxyl groups excluding tert-OH is 1. The molecule has 3 nitrogen and oxygen atoms in total. The maximum Gasteiger partial charge on any atom is 0.123 e. The van der Waals surface area contributed by atoms with Crippen LogP contribution >= 0.6 is 0 Å². The molecule has 18 heavy (non-hydrogen) atoms. The fourth-order valence-corrected chi connectivity index (χ4v) is 3.15. The molecule has 2 atom stereocenters. The van der Waals surface area contributed by atoms with E-state index >= 15 is 0 Å². The zero-order chi connectivity index (χ0) is 12.4. The molecule has 3 rings (SSSR count). The van der Waals surface area contributed by atoms with Crippen LogP contribution in [0.5, 0.6) is 5.75 Å². The highest BCUT2D eigenvalue weighted by atomic mass is 16.5. The fourth-order valence-electron chi connectivity index (χ4n) is 3.15. The van der Waals surface area contributed by atoms with Gasteiger partial charge in [-0.1, -0.05) is 31.0 Å². The number of hydrogen-bond acceptors (Lipinski definition) is 3. The van der Waals surface area contributed by atoms with Crippen LogP contribution in [0.15, 0.2) is 24.3 Å². The van der Waals surface area contributed by atoms with E-state index in [4.69, 9.17) is 4.74 Å². The lowest BCUT2D eigenvalue weighted by Crippen LogP contribution is -2.45. The summed E-state index contributed by atoms with van der Waals surface area (Å²) in [7, 11) is 0. The lowest BCUT2D eigenvalue weighted by molar-refractivity contribution is 0.0139. The van der Waals surface area contributed by atoms with E-state index in [0.29, 0.717) is 6.04 Å². The highest BCUT2D eigenvalue weighted by Gasteiger charge is 2.30. The second-order valence-electron chi connectivity index (χ2n) is 5.35. The largest absolute Gasteiger partial charge is 0.492 e. The third-order valence-corrected chi connectivity index (χ3v) is 4.15. The molecule has 0 radical (unpaired) electrons. The summed E-state index contributed by atoms with van der Waals surface area (Å²) in [4.78, 5) is 2.40. The van der Waals surface area contributed by atoms with Gasteiger partial charge in [-0.05, 0) is 18.9 Å². The number of fused-ring (bicyclic) bond motifs is 1. The van der Waals surface area contributed by atoms with Crippen molar-refractivity contribution < 1.29 is 9.84 Å². The molecule has 1 aliphatic carbocycles. The molecule has 2 aliphatic rings. The summed E-state index contributed by atoms with van der Waals surface area (Å²) in [6.45, 7) is 2.54. The lowest BCUT2D eigenvalue weighted by Gasteiger charge is -2.36. The van der Waals surface area contributed by atoms with Gasteiger partial charge < -0.3 is 9.84 Å². The van der Waals surface area contributed by atoms with Crippen LogP contribution in [-0.4, -0.2) is 35.3 Å². The molecule has 0 spiro atoms. The van der Waals surface area contributed by atoms with Gasteiger partial charge in [0.2, 0.25) is 0 Å². The van der Waals surface area contributed by atoms with Crippen LogP contribution in [0.4, 0.5) is 0 Å². The van der Waals surface area contributed by atoms with Gasteiger partial charge in [0.1, 0.15) is 12.4 Å². The molecule has 3 heteroatoms. The van der Waals surface area contributed by atoms with Crippen LogP contribution < -0.4 is 4.74 Å². The van der Waals surface area contributed by atoms with E-state index in [0.717, 1.165) is 38.3 Å². The number of para-hydroxylation sites is 1. The van der Waals surface area contributed by atoms with Gasteiger partial charge in [0.15, 0.2) is 0 Å². The van der Waals surface area contributed by atoms with Gasteiger partial charge in [-0.3, -0.25) is 4.90 Å². The molecule has 98 valence electrons. The monoisotopic (exact) mass is 247 g/mol. The Bertz CT molecular complexity index is 407. The van der Waals surface area contributed by atoms with Crippen LogP contribution in [0.1, 0.15) is 31.2 Å². The zero-order valence-electron chi connectivity index (χ0n) is 10.7. The van der Waals surface area contributed by atoms with E-state index in [1.54, 1.807) is 0 Å². The molecule has 1 fully saturated rings. The maximum absolute atomic E-state index is 10.2. The molecule has 1 aromatic rings. The average molecular weight is 247 g/mol. The van der Waals surface area contributed by atoms with Gasteiger partial charge in [-0.2, -0.15) is 0 Å². The molecule has 1 aromatic carbocycles. The van der Waals surface area contributed by atoms with Crippen molar-refractivity contribution in [2.75, 3.05) is 13.2 Å². The molecular formula is C15H21NO2. The van der Waals surface area contributed by atoms with E-state index in [2.05, 4.69) is 17.0 Å². The molecule has 1 aliphatic heterocycles. The summed E-state index contributed by atoms with van der Waals surface area (Å²) >= 11 is 0.